The minimum absolute atomic E-state index is 0.110. The Labute approximate surface area is 143 Å². The maximum atomic E-state index is 12.2. The van der Waals surface area contributed by atoms with Crippen LogP contribution in [0.3, 0.4) is 0 Å². The SMILES string of the molecule is CC(C)C(NCC(=O)Nc1cc(C(C)(C)C)no1)c1ccccc1. The number of nitrogens with zero attached hydrogens (tertiary/aromatic N) is 1. The molecule has 1 unspecified atom stereocenters. The Morgan fingerprint density at radius 2 is 1.88 bits per heavy atom. The van der Waals surface area contributed by atoms with Crippen molar-refractivity contribution in [2.75, 3.05) is 11.9 Å². The van der Waals surface area contributed by atoms with Gasteiger partial charge < -0.3 is 9.84 Å². The zero-order valence-electron chi connectivity index (χ0n) is 15.1. The van der Waals surface area contributed by atoms with Crippen LogP contribution in [0.25, 0.3) is 0 Å². The summed E-state index contributed by atoms with van der Waals surface area (Å²) in [6, 6.07) is 12.0. The number of aromatic nitrogens is 1. The van der Waals surface area contributed by atoms with Gasteiger partial charge in [0.15, 0.2) is 0 Å². The first kappa shape index (κ1) is 18.2. The number of carbonyl (C=O) groups excluding carboxylic acids is 1. The van der Waals surface area contributed by atoms with Crippen molar-refractivity contribution in [1.82, 2.24) is 10.5 Å². The van der Waals surface area contributed by atoms with Gasteiger partial charge in [-0.1, -0.05) is 70.1 Å². The molecule has 1 aromatic carbocycles. The molecular formula is C19H27N3O2. The van der Waals surface area contributed by atoms with Crippen molar-refractivity contribution in [1.29, 1.82) is 0 Å². The molecule has 0 bridgehead atoms. The molecule has 0 aliphatic rings. The van der Waals surface area contributed by atoms with Crippen LogP contribution >= 0.6 is 0 Å². The molecule has 5 nitrogen and oxygen atoms in total. The summed E-state index contributed by atoms with van der Waals surface area (Å²) in [5, 5.41) is 10.1. The average Bonchev–Trinajstić information content (AvgIpc) is 2.97. The third-order valence-electron chi connectivity index (χ3n) is 3.85. The van der Waals surface area contributed by atoms with Gasteiger partial charge in [-0.15, -0.1) is 0 Å². The number of anilines is 1. The molecule has 0 fully saturated rings. The summed E-state index contributed by atoms with van der Waals surface area (Å²) in [6.07, 6.45) is 0. The van der Waals surface area contributed by atoms with E-state index in [1.165, 1.54) is 5.56 Å². The lowest BCUT2D eigenvalue weighted by atomic mass is 9.92. The average molecular weight is 329 g/mol. The van der Waals surface area contributed by atoms with Crippen LogP contribution in [0.15, 0.2) is 40.9 Å². The van der Waals surface area contributed by atoms with Gasteiger partial charge >= 0.3 is 0 Å². The predicted octanol–water partition coefficient (Wildman–Crippen LogP) is 3.90. The molecule has 2 N–H and O–H groups in total. The lowest BCUT2D eigenvalue weighted by Crippen LogP contribution is -2.33. The van der Waals surface area contributed by atoms with Crippen LogP contribution in [0.4, 0.5) is 5.88 Å². The minimum atomic E-state index is -0.145. The highest BCUT2D eigenvalue weighted by Crippen LogP contribution is 2.24. The van der Waals surface area contributed by atoms with Gasteiger partial charge in [-0.25, -0.2) is 0 Å². The maximum absolute atomic E-state index is 12.2. The van der Waals surface area contributed by atoms with E-state index in [9.17, 15) is 4.79 Å². The summed E-state index contributed by atoms with van der Waals surface area (Å²) in [7, 11) is 0. The second kappa shape index (κ2) is 7.62. The van der Waals surface area contributed by atoms with Crippen LogP contribution in [0.2, 0.25) is 0 Å². The Hall–Kier alpha value is -2.14. The van der Waals surface area contributed by atoms with E-state index in [2.05, 4.69) is 41.8 Å². The Bertz CT molecular complexity index is 657. The zero-order valence-corrected chi connectivity index (χ0v) is 15.1. The number of carbonyl (C=O) groups is 1. The van der Waals surface area contributed by atoms with Crippen molar-refractivity contribution >= 4 is 11.8 Å². The number of rotatable bonds is 6. The fourth-order valence-electron chi connectivity index (χ4n) is 2.47. The Balaban J connectivity index is 1.93. The molecule has 1 atom stereocenters. The van der Waals surface area contributed by atoms with Crippen LogP contribution < -0.4 is 10.6 Å². The van der Waals surface area contributed by atoms with Crippen LogP contribution in [0.5, 0.6) is 0 Å². The van der Waals surface area contributed by atoms with Gasteiger partial charge in [0.05, 0.1) is 12.2 Å². The minimum Gasteiger partial charge on any atom is -0.338 e. The first-order valence-corrected chi connectivity index (χ1v) is 8.32. The first-order valence-electron chi connectivity index (χ1n) is 8.32. The highest BCUT2D eigenvalue weighted by Gasteiger charge is 2.20. The number of nitrogens with one attached hydrogen (secondary N) is 2. The van der Waals surface area contributed by atoms with Crippen molar-refractivity contribution in [3.8, 4) is 0 Å². The standard InChI is InChI=1S/C19H27N3O2/c1-13(2)18(14-9-7-6-8-10-14)20-12-16(23)21-17-11-15(22-24-17)19(3,4)5/h6-11,13,18,20H,12H2,1-5H3,(H,21,23). The number of hydrogen-bond donors (Lipinski definition) is 2. The molecule has 24 heavy (non-hydrogen) atoms. The van der Waals surface area contributed by atoms with Gasteiger partial charge in [0.1, 0.15) is 0 Å². The number of hydrogen-bond acceptors (Lipinski definition) is 4. The molecule has 2 rings (SSSR count). The molecule has 0 spiro atoms. The fraction of sp³-hybridized carbons (Fsp3) is 0.474. The summed E-state index contributed by atoms with van der Waals surface area (Å²) >= 11 is 0. The molecule has 5 heteroatoms. The molecule has 0 aliphatic carbocycles. The van der Waals surface area contributed by atoms with E-state index >= 15 is 0 Å². The van der Waals surface area contributed by atoms with Gasteiger partial charge in [-0.2, -0.15) is 0 Å². The first-order chi connectivity index (χ1) is 11.3. The van der Waals surface area contributed by atoms with Crippen molar-refractivity contribution in [2.24, 2.45) is 5.92 Å². The smallest absolute Gasteiger partial charge is 0.240 e. The van der Waals surface area contributed by atoms with Crippen molar-refractivity contribution in [3.63, 3.8) is 0 Å². The summed E-state index contributed by atoms with van der Waals surface area (Å²) in [5.41, 5.74) is 1.88. The van der Waals surface area contributed by atoms with E-state index < -0.39 is 0 Å². The van der Waals surface area contributed by atoms with Crippen LogP contribution in [-0.4, -0.2) is 17.6 Å². The summed E-state index contributed by atoms with van der Waals surface area (Å²) < 4.78 is 5.19. The quantitative estimate of drug-likeness (QED) is 0.843. The van der Waals surface area contributed by atoms with Crippen LogP contribution in [-0.2, 0) is 10.2 Å². The highest BCUT2D eigenvalue weighted by molar-refractivity contribution is 5.91. The number of amides is 1. The van der Waals surface area contributed by atoms with Gasteiger partial charge in [-0.05, 0) is 11.5 Å². The molecule has 0 saturated carbocycles. The van der Waals surface area contributed by atoms with E-state index in [-0.39, 0.29) is 23.9 Å². The topological polar surface area (TPSA) is 67.2 Å². The third kappa shape index (κ3) is 4.93. The molecule has 1 heterocycles. The monoisotopic (exact) mass is 329 g/mol. The molecule has 2 aromatic rings. The van der Waals surface area contributed by atoms with Crippen molar-refractivity contribution in [2.45, 2.75) is 46.1 Å². The molecule has 0 radical (unpaired) electrons. The molecular weight excluding hydrogens is 302 g/mol. The second-order valence-electron chi connectivity index (χ2n) is 7.39. The Morgan fingerprint density at radius 1 is 1.21 bits per heavy atom. The van der Waals surface area contributed by atoms with Gasteiger partial charge in [0.2, 0.25) is 11.8 Å². The van der Waals surface area contributed by atoms with E-state index in [1.807, 2.05) is 39.0 Å². The Kier molecular flexibility index (Phi) is 5.78. The fourth-order valence-corrected chi connectivity index (χ4v) is 2.47. The molecule has 130 valence electrons. The largest absolute Gasteiger partial charge is 0.338 e. The maximum Gasteiger partial charge on any atom is 0.240 e. The summed E-state index contributed by atoms with van der Waals surface area (Å²) in [4.78, 5) is 12.2. The van der Waals surface area contributed by atoms with E-state index in [1.54, 1.807) is 6.07 Å². The third-order valence-corrected chi connectivity index (χ3v) is 3.85. The van der Waals surface area contributed by atoms with Crippen molar-refractivity contribution < 1.29 is 9.32 Å². The van der Waals surface area contributed by atoms with E-state index in [0.29, 0.717) is 11.8 Å². The lowest BCUT2D eigenvalue weighted by Gasteiger charge is -2.22. The summed E-state index contributed by atoms with van der Waals surface area (Å²) in [5.74, 6) is 0.610. The van der Waals surface area contributed by atoms with Crippen LogP contribution in [0, 0.1) is 5.92 Å². The predicted molar refractivity (Wildman–Crippen MR) is 95.9 cm³/mol. The molecule has 0 saturated heterocycles. The van der Waals surface area contributed by atoms with Gasteiger partial charge in [0, 0.05) is 17.5 Å². The second-order valence-corrected chi connectivity index (χ2v) is 7.39. The van der Waals surface area contributed by atoms with Gasteiger partial charge in [-0.3, -0.25) is 10.1 Å². The van der Waals surface area contributed by atoms with E-state index in [4.69, 9.17) is 4.52 Å². The molecule has 1 amide bonds. The summed E-state index contributed by atoms with van der Waals surface area (Å²) in [6.45, 7) is 10.6. The highest BCUT2D eigenvalue weighted by atomic mass is 16.5. The molecule has 0 aliphatic heterocycles. The van der Waals surface area contributed by atoms with Crippen LogP contribution in [0.1, 0.15) is 51.9 Å². The lowest BCUT2D eigenvalue weighted by molar-refractivity contribution is -0.115. The zero-order chi connectivity index (χ0) is 17.7. The Morgan fingerprint density at radius 3 is 2.42 bits per heavy atom. The number of benzene rings is 1. The van der Waals surface area contributed by atoms with Gasteiger partial charge in [0.25, 0.3) is 0 Å². The molecule has 1 aromatic heterocycles. The van der Waals surface area contributed by atoms with Crippen molar-refractivity contribution in [3.05, 3.63) is 47.7 Å². The van der Waals surface area contributed by atoms with E-state index in [0.717, 1.165) is 5.69 Å². The normalized spacial score (nSPS) is 13.1.